The minimum atomic E-state index is -3.01. The van der Waals surface area contributed by atoms with Crippen molar-refractivity contribution in [3.05, 3.63) is 27.3 Å². The van der Waals surface area contributed by atoms with E-state index in [2.05, 4.69) is 27.9 Å². The number of halogens is 1. The Kier molecular flexibility index (Phi) is 3.96. The zero-order valence-corrected chi connectivity index (χ0v) is 12.9. The molecule has 1 fully saturated rings. The number of rotatable bonds is 2. The largest absolute Gasteiger partial charge is 0.326 e. The van der Waals surface area contributed by atoms with Crippen LogP contribution >= 0.6 is 22.6 Å². The molecule has 98 valence electrons. The van der Waals surface area contributed by atoms with E-state index in [4.69, 9.17) is 0 Å². The molecule has 6 heteroatoms. The summed E-state index contributed by atoms with van der Waals surface area (Å²) < 4.78 is 23.7. The zero-order valence-electron chi connectivity index (χ0n) is 9.94. The van der Waals surface area contributed by atoms with Gasteiger partial charge in [0.1, 0.15) is 0 Å². The van der Waals surface area contributed by atoms with Gasteiger partial charge < -0.3 is 5.32 Å². The highest BCUT2D eigenvalue weighted by Crippen LogP contribution is 2.23. The molecule has 18 heavy (non-hydrogen) atoms. The standard InChI is InChI=1S/C12H14INO3S/c1-8-2-3-10(13)6-11(8)14-12(15)9-4-5-18(16,17)7-9/h2-3,6,9H,4-5,7H2,1H3,(H,14,15). The van der Waals surface area contributed by atoms with Crippen LogP contribution in [0.15, 0.2) is 18.2 Å². The molecule has 1 N–H and O–H groups in total. The molecule has 1 atom stereocenters. The topological polar surface area (TPSA) is 63.2 Å². The van der Waals surface area contributed by atoms with Gasteiger partial charge in [-0.3, -0.25) is 4.79 Å². The molecule has 1 saturated heterocycles. The smallest absolute Gasteiger partial charge is 0.228 e. The first-order chi connectivity index (χ1) is 8.37. The molecule has 1 aromatic carbocycles. The molecule has 0 radical (unpaired) electrons. The van der Waals surface area contributed by atoms with E-state index in [1.807, 2.05) is 25.1 Å². The van der Waals surface area contributed by atoms with Gasteiger partial charge in [0.2, 0.25) is 5.91 Å². The van der Waals surface area contributed by atoms with Gasteiger partial charge in [0.15, 0.2) is 9.84 Å². The van der Waals surface area contributed by atoms with Crippen LogP contribution in [-0.4, -0.2) is 25.8 Å². The molecule has 2 rings (SSSR count). The second-order valence-electron chi connectivity index (χ2n) is 4.55. The van der Waals surface area contributed by atoms with Crippen molar-refractivity contribution >= 4 is 44.0 Å². The van der Waals surface area contributed by atoms with E-state index in [1.54, 1.807) is 0 Å². The van der Waals surface area contributed by atoms with E-state index >= 15 is 0 Å². The van der Waals surface area contributed by atoms with E-state index in [0.29, 0.717) is 6.42 Å². The number of carbonyl (C=O) groups is 1. The van der Waals surface area contributed by atoms with Gasteiger partial charge in [-0.2, -0.15) is 0 Å². The quantitative estimate of drug-likeness (QED) is 0.800. The number of aryl methyl sites for hydroxylation is 1. The molecule has 1 amide bonds. The van der Waals surface area contributed by atoms with Gasteiger partial charge in [-0.05, 0) is 53.6 Å². The molecular weight excluding hydrogens is 365 g/mol. The van der Waals surface area contributed by atoms with Crippen molar-refractivity contribution in [1.82, 2.24) is 0 Å². The summed E-state index contributed by atoms with van der Waals surface area (Å²) in [5.74, 6) is -0.508. The zero-order chi connectivity index (χ0) is 13.3. The molecule has 0 aliphatic carbocycles. The van der Waals surface area contributed by atoms with Crippen LogP contribution in [0.25, 0.3) is 0 Å². The van der Waals surface area contributed by atoms with E-state index in [9.17, 15) is 13.2 Å². The second-order valence-corrected chi connectivity index (χ2v) is 8.02. The average Bonchev–Trinajstić information content (AvgIpc) is 2.64. The molecule has 1 heterocycles. The lowest BCUT2D eigenvalue weighted by atomic mass is 10.1. The molecule has 4 nitrogen and oxygen atoms in total. The minimum Gasteiger partial charge on any atom is -0.326 e. The Balaban J connectivity index is 2.10. The highest BCUT2D eigenvalue weighted by molar-refractivity contribution is 14.1. The van der Waals surface area contributed by atoms with Crippen LogP contribution in [0.1, 0.15) is 12.0 Å². The van der Waals surface area contributed by atoms with Gasteiger partial charge >= 0.3 is 0 Å². The molecule has 1 unspecified atom stereocenters. The Hall–Kier alpha value is -0.630. The van der Waals surface area contributed by atoms with Crippen molar-refractivity contribution in [1.29, 1.82) is 0 Å². The van der Waals surface area contributed by atoms with Gasteiger partial charge in [-0.25, -0.2) is 8.42 Å². The molecule has 0 aromatic heterocycles. The first-order valence-corrected chi connectivity index (χ1v) is 8.55. The summed E-state index contributed by atoms with van der Waals surface area (Å²) in [6.45, 7) is 1.91. The van der Waals surface area contributed by atoms with Crippen LogP contribution in [-0.2, 0) is 14.6 Å². The summed E-state index contributed by atoms with van der Waals surface area (Å²) >= 11 is 2.18. The number of hydrogen-bond acceptors (Lipinski definition) is 3. The number of sulfone groups is 1. The van der Waals surface area contributed by atoms with Crippen LogP contribution in [0.3, 0.4) is 0 Å². The fourth-order valence-corrected chi connectivity index (χ4v) is 4.20. The molecule has 0 saturated carbocycles. The van der Waals surface area contributed by atoms with Crippen molar-refractivity contribution < 1.29 is 13.2 Å². The highest BCUT2D eigenvalue weighted by atomic mass is 127. The molecule has 1 aliphatic rings. The number of benzene rings is 1. The van der Waals surface area contributed by atoms with Crippen LogP contribution in [0.4, 0.5) is 5.69 Å². The first kappa shape index (κ1) is 13.8. The Bertz CT molecular complexity index is 583. The van der Waals surface area contributed by atoms with Crippen LogP contribution in [0.2, 0.25) is 0 Å². The molecular formula is C12H14INO3S. The third-order valence-corrected chi connectivity index (χ3v) is 5.50. The number of nitrogens with one attached hydrogen (secondary N) is 1. The van der Waals surface area contributed by atoms with Crippen molar-refractivity contribution in [2.75, 3.05) is 16.8 Å². The summed E-state index contributed by atoms with van der Waals surface area (Å²) in [6.07, 6.45) is 0.428. The predicted molar refractivity (Wildman–Crippen MR) is 79.3 cm³/mol. The predicted octanol–water partition coefficient (Wildman–Crippen LogP) is 1.97. The number of anilines is 1. The van der Waals surface area contributed by atoms with Crippen molar-refractivity contribution in [2.45, 2.75) is 13.3 Å². The normalized spacial score (nSPS) is 21.8. The minimum absolute atomic E-state index is 0.0260. The third-order valence-electron chi connectivity index (χ3n) is 3.06. The summed E-state index contributed by atoms with van der Waals surface area (Å²) in [5, 5.41) is 2.82. The van der Waals surface area contributed by atoms with Crippen molar-refractivity contribution in [2.24, 2.45) is 5.92 Å². The van der Waals surface area contributed by atoms with E-state index in [-0.39, 0.29) is 17.4 Å². The molecule has 1 aromatic rings. The van der Waals surface area contributed by atoms with Gasteiger partial charge in [0.05, 0.1) is 17.4 Å². The van der Waals surface area contributed by atoms with Crippen LogP contribution in [0, 0.1) is 16.4 Å². The average molecular weight is 379 g/mol. The van der Waals surface area contributed by atoms with E-state index in [0.717, 1.165) is 14.8 Å². The Morgan fingerprint density at radius 3 is 2.78 bits per heavy atom. The third kappa shape index (κ3) is 3.23. The van der Waals surface area contributed by atoms with Crippen LogP contribution < -0.4 is 5.32 Å². The highest BCUT2D eigenvalue weighted by Gasteiger charge is 2.33. The lowest BCUT2D eigenvalue weighted by Gasteiger charge is -2.12. The van der Waals surface area contributed by atoms with Crippen LogP contribution in [0.5, 0.6) is 0 Å². The Morgan fingerprint density at radius 1 is 1.44 bits per heavy atom. The number of hydrogen-bond donors (Lipinski definition) is 1. The second kappa shape index (κ2) is 5.16. The van der Waals surface area contributed by atoms with E-state index in [1.165, 1.54) is 0 Å². The fraction of sp³-hybridized carbons (Fsp3) is 0.417. The van der Waals surface area contributed by atoms with Crippen molar-refractivity contribution in [3.63, 3.8) is 0 Å². The van der Waals surface area contributed by atoms with Gasteiger partial charge in [0.25, 0.3) is 0 Å². The summed E-state index contributed by atoms with van der Waals surface area (Å²) in [6, 6.07) is 5.78. The Morgan fingerprint density at radius 2 is 2.17 bits per heavy atom. The fourth-order valence-electron chi connectivity index (χ4n) is 1.97. The van der Waals surface area contributed by atoms with Gasteiger partial charge in [-0.1, -0.05) is 6.07 Å². The SMILES string of the molecule is Cc1ccc(I)cc1NC(=O)C1CCS(=O)(=O)C1. The first-order valence-electron chi connectivity index (χ1n) is 5.65. The summed E-state index contributed by atoms with van der Waals surface area (Å²) in [5.41, 5.74) is 1.74. The Labute approximate surface area is 120 Å². The monoisotopic (exact) mass is 379 g/mol. The lowest BCUT2D eigenvalue weighted by molar-refractivity contribution is -0.119. The lowest BCUT2D eigenvalue weighted by Crippen LogP contribution is -2.24. The summed E-state index contributed by atoms with van der Waals surface area (Å²) in [4.78, 5) is 12.0. The molecule has 1 aliphatic heterocycles. The molecule has 0 spiro atoms. The van der Waals surface area contributed by atoms with E-state index < -0.39 is 15.8 Å². The van der Waals surface area contributed by atoms with Gasteiger partial charge in [-0.15, -0.1) is 0 Å². The number of carbonyl (C=O) groups excluding carboxylic acids is 1. The van der Waals surface area contributed by atoms with Gasteiger partial charge in [0, 0.05) is 9.26 Å². The maximum absolute atomic E-state index is 12.0. The summed E-state index contributed by atoms with van der Waals surface area (Å²) in [7, 11) is -3.01. The molecule has 0 bridgehead atoms. The maximum atomic E-state index is 12.0. The maximum Gasteiger partial charge on any atom is 0.228 e. The van der Waals surface area contributed by atoms with Crippen molar-refractivity contribution in [3.8, 4) is 0 Å². The number of amides is 1.